The van der Waals surface area contributed by atoms with Gasteiger partial charge in [-0.3, -0.25) is 4.79 Å². The number of thiocarbonyl (C=S) groups is 1. The number of ether oxygens (including phenoxy) is 2. The number of amides is 1. The fourth-order valence-electron chi connectivity index (χ4n) is 1.76. The molecule has 0 fully saturated rings. The number of hydrogen-bond donors (Lipinski definition) is 2. The molecule has 18 heavy (non-hydrogen) atoms. The zero-order valence-corrected chi connectivity index (χ0v) is 10.8. The lowest BCUT2D eigenvalue weighted by Crippen LogP contribution is -2.35. The van der Waals surface area contributed by atoms with Gasteiger partial charge < -0.3 is 20.5 Å². The highest BCUT2D eigenvalue weighted by Crippen LogP contribution is 2.32. The number of carbonyl (C=O) groups excluding carboxylic acids is 1. The van der Waals surface area contributed by atoms with Gasteiger partial charge in [-0.25, -0.2) is 0 Å². The number of hydrogen-bond acceptors (Lipinski definition) is 4. The first kappa shape index (κ1) is 12.6. The second kappa shape index (κ2) is 5.22. The summed E-state index contributed by atoms with van der Waals surface area (Å²) < 4.78 is 10.9. The maximum absolute atomic E-state index is 11.1. The molecule has 3 N–H and O–H groups in total. The molecule has 1 aliphatic rings. The maximum atomic E-state index is 11.1. The standard InChI is InChI=1S/C12H14N2O3S/c1-7(15)14-11(12(13)18)8-2-3-9-10(6-8)17-5-4-16-9/h2-3,6,11H,4-5H2,1H3,(H2,13,18)(H,14,15). The Morgan fingerprint density at radius 1 is 1.39 bits per heavy atom. The molecule has 1 amide bonds. The van der Waals surface area contributed by atoms with E-state index in [0.29, 0.717) is 24.7 Å². The second-order valence-electron chi connectivity index (χ2n) is 3.94. The van der Waals surface area contributed by atoms with Crippen molar-refractivity contribution in [2.24, 2.45) is 5.73 Å². The van der Waals surface area contributed by atoms with Crippen LogP contribution in [0.1, 0.15) is 18.5 Å². The zero-order chi connectivity index (χ0) is 13.1. The van der Waals surface area contributed by atoms with Gasteiger partial charge in [0.05, 0.1) is 0 Å². The van der Waals surface area contributed by atoms with Crippen molar-refractivity contribution in [2.75, 3.05) is 13.2 Å². The van der Waals surface area contributed by atoms with E-state index in [0.717, 1.165) is 5.56 Å². The van der Waals surface area contributed by atoms with Gasteiger partial charge in [0.2, 0.25) is 5.91 Å². The summed E-state index contributed by atoms with van der Waals surface area (Å²) in [4.78, 5) is 11.3. The summed E-state index contributed by atoms with van der Waals surface area (Å²) in [5.41, 5.74) is 6.42. The molecule has 1 unspecified atom stereocenters. The first-order chi connectivity index (χ1) is 8.58. The van der Waals surface area contributed by atoms with Crippen molar-refractivity contribution in [2.45, 2.75) is 13.0 Å². The SMILES string of the molecule is CC(=O)NC(C(N)=S)c1ccc2c(c1)OCCO2. The Hall–Kier alpha value is -1.82. The van der Waals surface area contributed by atoms with Gasteiger partial charge in [0.1, 0.15) is 24.2 Å². The molecule has 1 aromatic carbocycles. The number of carbonyl (C=O) groups is 1. The second-order valence-corrected chi connectivity index (χ2v) is 4.41. The van der Waals surface area contributed by atoms with E-state index in [1.807, 2.05) is 6.07 Å². The van der Waals surface area contributed by atoms with Gasteiger partial charge >= 0.3 is 0 Å². The van der Waals surface area contributed by atoms with Crippen molar-refractivity contribution in [1.29, 1.82) is 0 Å². The third-order valence-corrected chi connectivity index (χ3v) is 2.77. The number of nitrogens with two attached hydrogens (primary N) is 1. The average molecular weight is 266 g/mol. The van der Waals surface area contributed by atoms with Gasteiger partial charge in [-0.15, -0.1) is 0 Å². The van der Waals surface area contributed by atoms with Crippen LogP contribution >= 0.6 is 12.2 Å². The van der Waals surface area contributed by atoms with E-state index in [1.165, 1.54) is 6.92 Å². The summed E-state index contributed by atoms with van der Waals surface area (Å²) >= 11 is 4.96. The smallest absolute Gasteiger partial charge is 0.217 e. The summed E-state index contributed by atoms with van der Waals surface area (Å²) in [5, 5.41) is 2.70. The molecule has 6 heteroatoms. The minimum atomic E-state index is -0.492. The van der Waals surface area contributed by atoms with Crippen molar-refractivity contribution >= 4 is 23.1 Å². The van der Waals surface area contributed by atoms with E-state index in [1.54, 1.807) is 12.1 Å². The molecule has 0 radical (unpaired) electrons. The van der Waals surface area contributed by atoms with Crippen molar-refractivity contribution in [3.05, 3.63) is 23.8 Å². The van der Waals surface area contributed by atoms with Crippen LogP contribution in [-0.4, -0.2) is 24.1 Å². The van der Waals surface area contributed by atoms with Crippen LogP contribution in [0.3, 0.4) is 0 Å². The lowest BCUT2D eigenvalue weighted by molar-refractivity contribution is -0.119. The molecule has 0 spiro atoms. The Bertz CT molecular complexity index is 490. The molecule has 2 rings (SSSR count). The molecule has 1 atom stereocenters. The average Bonchev–Trinajstić information content (AvgIpc) is 2.35. The predicted molar refractivity (Wildman–Crippen MR) is 70.8 cm³/mol. The molecule has 0 saturated carbocycles. The number of fused-ring (bicyclic) bond motifs is 1. The number of rotatable bonds is 3. The third-order valence-electron chi connectivity index (χ3n) is 2.53. The van der Waals surface area contributed by atoms with Crippen LogP contribution in [0.15, 0.2) is 18.2 Å². The van der Waals surface area contributed by atoms with Crippen molar-refractivity contribution in [1.82, 2.24) is 5.32 Å². The van der Waals surface area contributed by atoms with Gasteiger partial charge in [-0.1, -0.05) is 18.3 Å². The minimum Gasteiger partial charge on any atom is -0.486 e. The summed E-state index contributed by atoms with van der Waals surface area (Å²) in [6.07, 6.45) is 0. The van der Waals surface area contributed by atoms with E-state index in [4.69, 9.17) is 27.4 Å². The van der Waals surface area contributed by atoms with Crippen LogP contribution in [0.4, 0.5) is 0 Å². The van der Waals surface area contributed by atoms with Gasteiger partial charge in [0.25, 0.3) is 0 Å². The maximum Gasteiger partial charge on any atom is 0.217 e. The molecule has 0 bridgehead atoms. The quantitative estimate of drug-likeness (QED) is 0.796. The summed E-state index contributed by atoms with van der Waals surface area (Å²) in [6.45, 7) is 2.47. The molecular weight excluding hydrogens is 252 g/mol. The Morgan fingerprint density at radius 3 is 2.67 bits per heavy atom. The van der Waals surface area contributed by atoms with Crippen LogP contribution in [-0.2, 0) is 4.79 Å². The number of benzene rings is 1. The van der Waals surface area contributed by atoms with Crippen LogP contribution in [0.25, 0.3) is 0 Å². The molecule has 0 saturated heterocycles. The van der Waals surface area contributed by atoms with E-state index >= 15 is 0 Å². The van der Waals surface area contributed by atoms with Crippen LogP contribution in [0, 0.1) is 0 Å². The minimum absolute atomic E-state index is 0.192. The Balaban J connectivity index is 2.30. The first-order valence-corrected chi connectivity index (χ1v) is 5.94. The van der Waals surface area contributed by atoms with Gasteiger partial charge in [0, 0.05) is 6.92 Å². The molecule has 1 aliphatic heterocycles. The predicted octanol–water partition coefficient (Wildman–Crippen LogP) is 0.921. The zero-order valence-electron chi connectivity index (χ0n) is 9.93. The first-order valence-electron chi connectivity index (χ1n) is 5.54. The molecular formula is C12H14N2O3S. The molecule has 96 valence electrons. The van der Waals surface area contributed by atoms with Crippen molar-refractivity contribution in [3.8, 4) is 11.5 Å². The lowest BCUT2D eigenvalue weighted by atomic mass is 10.1. The van der Waals surface area contributed by atoms with E-state index in [-0.39, 0.29) is 10.9 Å². The normalized spacial score (nSPS) is 14.7. The Morgan fingerprint density at radius 2 is 2.06 bits per heavy atom. The molecule has 1 heterocycles. The topological polar surface area (TPSA) is 73.6 Å². The fraction of sp³-hybridized carbons (Fsp3) is 0.333. The van der Waals surface area contributed by atoms with Gasteiger partial charge in [-0.2, -0.15) is 0 Å². The highest BCUT2D eigenvalue weighted by Gasteiger charge is 2.19. The number of nitrogens with one attached hydrogen (secondary N) is 1. The molecule has 0 aromatic heterocycles. The molecule has 0 aliphatic carbocycles. The van der Waals surface area contributed by atoms with E-state index < -0.39 is 6.04 Å². The monoisotopic (exact) mass is 266 g/mol. The highest BCUT2D eigenvalue weighted by molar-refractivity contribution is 7.80. The van der Waals surface area contributed by atoms with E-state index in [9.17, 15) is 4.79 Å². The summed E-state index contributed by atoms with van der Waals surface area (Å²) in [5.74, 6) is 1.14. The lowest BCUT2D eigenvalue weighted by Gasteiger charge is -2.22. The van der Waals surface area contributed by atoms with Crippen LogP contribution < -0.4 is 20.5 Å². The largest absolute Gasteiger partial charge is 0.486 e. The van der Waals surface area contributed by atoms with Crippen LogP contribution in [0.2, 0.25) is 0 Å². The summed E-state index contributed by atoms with van der Waals surface area (Å²) in [7, 11) is 0. The fourth-order valence-corrected chi connectivity index (χ4v) is 1.96. The van der Waals surface area contributed by atoms with Crippen molar-refractivity contribution in [3.63, 3.8) is 0 Å². The Kier molecular flexibility index (Phi) is 3.66. The van der Waals surface area contributed by atoms with Crippen LogP contribution in [0.5, 0.6) is 11.5 Å². The Labute approximate surface area is 110 Å². The van der Waals surface area contributed by atoms with Gasteiger partial charge in [-0.05, 0) is 17.7 Å². The van der Waals surface area contributed by atoms with Gasteiger partial charge in [0.15, 0.2) is 11.5 Å². The van der Waals surface area contributed by atoms with Crippen molar-refractivity contribution < 1.29 is 14.3 Å². The molecule has 1 aromatic rings. The third kappa shape index (κ3) is 2.70. The highest BCUT2D eigenvalue weighted by atomic mass is 32.1. The summed E-state index contributed by atoms with van der Waals surface area (Å²) in [6, 6.07) is 4.90. The van der Waals surface area contributed by atoms with E-state index in [2.05, 4.69) is 5.32 Å². The molecule has 5 nitrogen and oxygen atoms in total.